The van der Waals surface area contributed by atoms with Crippen LogP contribution in [0.4, 0.5) is 5.69 Å². The van der Waals surface area contributed by atoms with Crippen LogP contribution in [0.5, 0.6) is 0 Å². The summed E-state index contributed by atoms with van der Waals surface area (Å²) in [6, 6.07) is 13.2. The molecular formula is C16H22N2S. The number of anilines is 1. The lowest BCUT2D eigenvalue weighted by Crippen LogP contribution is -2.07. The molecule has 1 unspecified atom stereocenters. The van der Waals surface area contributed by atoms with Crippen LogP contribution in [0.1, 0.15) is 24.1 Å². The number of benzene rings is 1. The Hall–Kier alpha value is -1.32. The predicted octanol–water partition coefficient (Wildman–Crippen LogP) is 3.93. The number of hydrogen-bond donors (Lipinski definition) is 1. The van der Waals surface area contributed by atoms with E-state index >= 15 is 0 Å². The minimum atomic E-state index is 0.560. The molecule has 0 spiro atoms. The molecule has 2 nitrogen and oxygen atoms in total. The standard InChI is InChI=1S/C16H22N2S/c1-12(10-11-17)15-8-9-16(19-15)13-4-6-14(7-5-13)18(2)3/h4-9,12H,10-11,17H2,1-3H3. The maximum Gasteiger partial charge on any atom is 0.0361 e. The van der Waals surface area contributed by atoms with Gasteiger partial charge in [0.1, 0.15) is 0 Å². The van der Waals surface area contributed by atoms with Crippen LogP contribution in [0.15, 0.2) is 36.4 Å². The van der Waals surface area contributed by atoms with E-state index in [9.17, 15) is 0 Å². The highest BCUT2D eigenvalue weighted by Gasteiger charge is 2.09. The first-order valence-corrected chi connectivity index (χ1v) is 7.51. The minimum absolute atomic E-state index is 0.560. The molecule has 0 saturated carbocycles. The molecule has 0 amide bonds. The highest BCUT2D eigenvalue weighted by molar-refractivity contribution is 7.15. The van der Waals surface area contributed by atoms with Gasteiger partial charge in [-0.05, 0) is 48.7 Å². The van der Waals surface area contributed by atoms with Crippen LogP contribution in [0.3, 0.4) is 0 Å². The van der Waals surface area contributed by atoms with E-state index in [4.69, 9.17) is 5.73 Å². The summed E-state index contributed by atoms with van der Waals surface area (Å²) in [6.45, 7) is 3.00. The van der Waals surface area contributed by atoms with Gasteiger partial charge in [0.2, 0.25) is 0 Å². The van der Waals surface area contributed by atoms with Gasteiger partial charge in [-0.2, -0.15) is 0 Å². The van der Waals surface area contributed by atoms with E-state index in [0.29, 0.717) is 5.92 Å². The van der Waals surface area contributed by atoms with Gasteiger partial charge >= 0.3 is 0 Å². The summed E-state index contributed by atoms with van der Waals surface area (Å²) in [5, 5.41) is 0. The first-order valence-electron chi connectivity index (χ1n) is 6.69. The minimum Gasteiger partial charge on any atom is -0.378 e. The zero-order chi connectivity index (χ0) is 13.8. The van der Waals surface area contributed by atoms with Crippen LogP contribution >= 0.6 is 11.3 Å². The summed E-state index contributed by atoms with van der Waals surface area (Å²) in [5.74, 6) is 0.560. The third-order valence-electron chi connectivity index (χ3n) is 3.38. The number of hydrogen-bond acceptors (Lipinski definition) is 3. The van der Waals surface area contributed by atoms with E-state index in [1.165, 1.54) is 21.0 Å². The van der Waals surface area contributed by atoms with Crippen molar-refractivity contribution in [3.05, 3.63) is 41.3 Å². The number of nitrogens with two attached hydrogens (primary N) is 1. The maximum atomic E-state index is 5.63. The molecule has 0 aliphatic heterocycles. The molecule has 2 rings (SSSR count). The molecule has 1 aromatic heterocycles. The molecule has 1 heterocycles. The van der Waals surface area contributed by atoms with Crippen molar-refractivity contribution in [1.82, 2.24) is 0 Å². The zero-order valence-electron chi connectivity index (χ0n) is 11.9. The molecule has 2 aromatic rings. The number of nitrogens with zero attached hydrogens (tertiary/aromatic N) is 1. The van der Waals surface area contributed by atoms with Gasteiger partial charge in [0.15, 0.2) is 0 Å². The van der Waals surface area contributed by atoms with Crippen molar-refractivity contribution < 1.29 is 0 Å². The first-order chi connectivity index (χ1) is 9.11. The summed E-state index contributed by atoms with van der Waals surface area (Å²) in [6.07, 6.45) is 1.06. The van der Waals surface area contributed by atoms with Crippen LogP contribution in [-0.4, -0.2) is 20.6 Å². The molecule has 0 fully saturated rings. The van der Waals surface area contributed by atoms with Crippen LogP contribution in [-0.2, 0) is 0 Å². The molecule has 0 radical (unpaired) electrons. The van der Waals surface area contributed by atoms with Gasteiger partial charge in [0, 0.05) is 29.5 Å². The molecule has 0 bridgehead atoms. The topological polar surface area (TPSA) is 29.3 Å². The molecule has 0 aliphatic carbocycles. The smallest absolute Gasteiger partial charge is 0.0361 e. The Bertz CT molecular complexity index is 514. The largest absolute Gasteiger partial charge is 0.378 e. The fourth-order valence-electron chi connectivity index (χ4n) is 2.09. The third-order valence-corrected chi connectivity index (χ3v) is 4.75. The fourth-order valence-corrected chi connectivity index (χ4v) is 3.19. The second kappa shape index (κ2) is 6.22. The molecule has 2 N–H and O–H groups in total. The van der Waals surface area contributed by atoms with Gasteiger partial charge in [-0.1, -0.05) is 19.1 Å². The fraction of sp³-hybridized carbons (Fsp3) is 0.375. The summed E-state index contributed by atoms with van der Waals surface area (Å²) >= 11 is 1.88. The lowest BCUT2D eigenvalue weighted by Gasteiger charge is -2.12. The second-order valence-corrected chi connectivity index (χ2v) is 6.24. The average Bonchev–Trinajstić information content (AvgIpc) is 2.89. The second-order valence-electron chi connectivity index (χ2n) is 5.12. The Balaban J connectivity index is 2.18. The van der Waals surface area contributed by atoms with E-state index in [1.54, 1.807) is 0 Å². The van der Waals surface area contributed by atoms with E-state index in [0.717, 1.165) is 13.0 Å². The van der Waals surface area contributed by atoms with Crippen LogP contribution in [0, 0.1) is 0 Å². The van der Waals surface area contributed by atoms with Crippen LogP contribution in [0.2, 0.25) is 0 Å². The monoisotopic (exact) mass is 274 g/mol. The normalized spacial score (nSPS) is 12.4. The first kappa shape index (κ1) is 14.1. The van der Waals surface area contributed by atoms with Gasteiger partial charge < -0.3 is 10.6 Å². The molecule has 102 valence electrons. The van der Waals surface area contributed by atoms with E-state index in [1.807, 2.05) is 11.3 Å². The van der Waals surface area contributed by atoms with Crippen molar-refractivity contribution in [2.75, 3.05) is 25.5 Å². The van der Waals surface area contributed by atoms with Crippen LogP contribution < -0.4 is 10.6 Å². The number of rotatable bonds is 5. The lowest BCUT2D eigenvalue weighted by atomic mass is 10.1. The molecule has 3 heteroatoms. The summed E-state index contributed by atoms with van der Waals surface area (Å²) < 4.78 is 0. The van der Waals surface area contributed by atoms with Crippen molar-refractivity contribution in [3.63, 3.8) is 0 Å². The molecule has 19 heavy (non-hydrogen) atoms. The van der Waals surface area contributed by atoms with Gasteiger partial charge in [0.05, 0.1) is 0 Å². The summed E-state index contributed by atoms with van der Waals surface area (Å²) in [4.78, 5) is 4.88. The number of thiophene rings is 1. The van der Waals surface area contributed by atoms with Gasteiger partial charge in [-0.3, -0.25) is 0 Å². The van der Waals surface area contributed by atoms with E-state index < -0.39 is 0 Å². The average molecular weight is 274 g/mol. The molecule has 0 saturated heterocycles. The van der Waals surface area contributed by atoms with Crippen molar-refractivity contribution in [3.8, 4) is 10.4 Å². The summed E-state index contributed by atoms with van der Waals surface area (Å²) in [7, 11) is 4.12. The Morgan fingerprint density at radius 1 is 1.11 bits per heavy atom. The van der Waals surface area contributed by atoms with Gasteiger partial charge in [-0.15, -0.1) is 11.3 Å². The van der Waals surface area contributed by atoms with E-state index in [-0.39, 0.29) is 0 Å². The Morgan fingerprint density at radius 3 is 2.37 bits per heavy atom. The van der Waals surface area contributed by atoms with Crippen LogP contribution in [0.25, 0.3) is 10.4 Å². The highest BCUT2D eigenvalue weighted by Crippen LogP contribution is 2.33. The SMILES string of the molecule is CC(CCN)c1ccc(-c2ccc(N(C)C)cc2)s1. The molecule has 1 aromatic carbocycles. The maximum absolute atomic E-state index is 5.63. The zero-order valence-corrected chi connectivity index (χ0v) is 12.7. The van der Waals surface area contributed by atoms with Crippen molar-refractivity contribution in [1.29, 1.82) is 0 Å². The van der Waals surface area contributed by atoms with E-state index in [2.05, 4.69) is 62.3 Å². The Labute approximate surface area is 119 Å². The Morgan fingerprint density at radius 2 is 1.79 bits per heavy atom. The highest BCUT2D eigenvalue weighted by atomic mass is 32.1. The molecule has 1 atom stereocenters. The van der Waals surface area contributed by atoms with Crippen molar-refractivity contribution in [2.45, 2.75) is 19.3 Å². The Kier molecular flexibility index (Phi) is 4.61. The van der Waals surface area contributed by atoms with Crippen molar-refractivity contribution in [2.24, 2.45) is 5.73 Å². The molecule has 0 aliphatic rings. The van der Waals surface area contributed by atoms with Crippen molar-refractivity contribution >= 4 is 17.0 Å². The summed E-state index contributed by atoms with van der Waals surface area (Å²) in [5.41, 5.74) is 8.16. The predicted molar refractivity (Wildman–Crippen MR) is 86.2 cm³/mol. The van der Waals surface area contributed by atoms with Gasteiger partial charge in [0.25, 0.3) is 0 Å². The quantitative estimate of drug-likeness (QED) is 0.895. The lowest BCUT2D eigenvalue weighted by molar-refractivity contribution is 0.701. The molecular weight excluding hydrogens is 252 g/mol. The van der Waals surface area contributed by atoms with Gasteiger partial charge in [-0.25, -0.2) is 0 Å². The third kappa shape index (κ3) is 3.37.